The SMILES string of the molecule is CCn1ncc(N)c1C(=O)NCCCn1cc(Cl)cn1. The van der Waals surface area contributed by atoms with Crippen LogP contribution in [-0.2, 0) is 13.1 Å². The van der Waals surface area contributed by atoms with Crippen LogP contribution in [0, 0.1) is 0 Å². The number of halogens is 1. The van der Waals surface area contributed by atoms with E-state index in [-0.39, 0.29) is 5.91 Å². The summed E-state index contributed by atoms with van der Waals surface area (Å²) in [6.45, 7) is 3.73. The largest absolute Gasteiger partial charge is 0.396 e. The van der Waals surface area contributed by atoms with Crippen molar-refractivity contribution in [1.29, 1.82) is 0 Å². The van der Waals surface area contributed by atoms with Gasteiger partial charge in [0, 0.05) is 25.8 Å². The first kappa shape index (κ1) is 14.4. The average Bonchev–Trinajstić information content (AvgIpc) is 3.00. The van der Waals surface area contributed by atoms with Crippen molar-refractivity contribution in [3.8, 4) is 0 Å². The Morgan fingerprint density at radius 3 is 2.90 bits per heavy atom. The Balaban J connectivity index is 1.82. The van der Waals surface area contributed by atoms with Crippen LogP contribution >= 0.6 is 11.6 Å². The molecule has 8 heteroatoms. The van der Waals surface area contributed by atoms with E-state index in [0.29, 0.717) is 36.0 Å². The van der Waals surface area contributed by atoms with Gasteiger partial charge >= 0.3 is 0 Å². The Bertz CT molecular complexity index is 591. The zero-order valence-electron chi connectivity index (χ0n) is 11.2. The first-order chi connectivity index (χ1) is 9.61. The van der Waals surface area contributed by atoms with E-state index in [2.05, 4.69) is 15.5 Å². The molecule has 1 amide bonds. The lowest BCUT2D eigenvalue weighted by molar-refractivity contribution is 0.0943. The van der Waals surface area contributed by atoms with Crippen LogP contribution in [0.25, 0.3) is 0 Å². The maximum absolute atomic E-state index is 12.0. The minimum absolute atomic E-state index is 0.208. The molecular formula is C12H17ClN6O. The summed E-state index contributed by atoms with van der Waals surface area (Å²) in [6.07, 6.45) is 5.57. The number of amides is 1. The summed E-state index contributed by atoms with van der Waals surface area (Å²) < 4.78 is 3.32. The number of nitrogen functional groups attached to an aromatic ring is 1. The third-order valence-corrected chi connectivity index (χ3v) is 3.03. The van der Waals surface area contributed by atoms with Gasteiger partial charge in [-0.2, -0.15) is 10.2 Å². The Morgan fingerprint density at radius 1 is 1.45 bits per heavy atom. The summed E-state index contributed by atoms with van der Waals surface area (Å²) in [4.78, 5) is 12.0. The summed E-state index contributed by atoms with van der Waals surface area (Å²) in [6, 6.07) is 0. The van der Waals surface area contributed by atoms with Gasteiger partial charge in [0.1, 0.15) is 5.69 Å². The quantitative estimate of drug-likeness (QED) is 0.783. The molecule has 0 saturated heterocycles. The first-order valence-electron chi connectivity index (χ1n) is 6.39. The lowest BCUT2D eigenvalue weighted by atomic mass is 10.3. The van der Waals surface area contributed by atoms with Crippen molar-refractivity contribution in [2.45, 2.75) is 26.4 Å². The fourth-order valence-corrected chi connectivity index (χ4v) is 2.03. The number of aromatic nitrogens is 4. The van der Waals surface area contributed by atoms with Crippen molar-refractivity contribution in [2.24, 2.45) is 0 Å². The number of hydrogen-bond donors (Lipinski definition) is 2. The van der Waals surface area contributed by atoms with Gasteiger partial charge in [-0.3, -0.25) is 14.2 Å². The Kier molecular flexibility index (Phi) is 4.62. The van der Waals surface area contributed by atoms with Gasteiger partial charge in [0.25, 0.3) is 5.91 Å². The molecule has 0 radical (unpaired) electrons. The number of nitrogens with one attached hydrogen (secondary N) is 1. The Labute approximate surface area is 121 Å². The number of nitrogens with zero attached hydrogens (tertiary/aromatic N) is 4. The van der Waals surface area contributed by atoms with Crippen molar-refractivity contribution < 1.29 is 4.79 Å². The van der Waals surface area contributed by atoms with Crippen molar-refractivity contribution in [2.75, 3.05) is 12.3 Å². The highest BCUT2D eigenvalue weighted by Crippen LogP contribution is 2.10. The molecule has 0 spiro atoms. The van der Waals surface area contributed by atoms with Gasteiger partial charge in [-0.15, -0.1) is 0 Å². The van der Waals surface area contributed by atoms with E-state index in [1.165, 1.54) is 6.20 Å². The zero-order chi connectivity index (χ0) is 14.5. The fraction of sp³-hybridized carbons (Fsp3) is 0.417. The molecule has 0 aromatic carbocycles. The smallest absolute Gasteiger partial charge is 0.271 e. The summed E-state index contributed by atoms with van der Waals surface area (Å²) in [5, 5.41) is 11.5. The van der Waals surface area contributed by atoms with Crippen molar-refractivity contribution in [3.63, 3.8) is 0 Å². The summed E-state index contributed by atoms with van der Waals surface area (Å²) in [5.74, 6) is -0.208. The molecule has 0 fully saturated rings. The number of hydrogen-bond acceptors (Lipinski definition) is 4. The van der Waals surface area contributed by atoms with E-state index in [1.807, 2.05) is 6.92 Å². The van der Waals surface area contributed by atoms with Crippen LogP contribution in [0.15, 0.2) is 18.6 Å². The predicted molar refractivity (Wildman–Crippen MR) is 76.5 cm³/mol. The third-order valence-electron chi connectivity index (χ3n) is 2.83. The second-order valence-corrected chi connectivity index (χ2v) is 4.73. The van der Waals surface area contributed by atoms with Crippen LogP contribution in [0.1, 0.15) is 23.8 Å². The van der Waals surface area contributed by atoms with Crippen LogP contribution in [0.5, 0.6) is 0 Å². The van der Waals surface area contributed by atoms with Gasteiger partial charge in [0.2, 0.25) is 0 Å². The molecule has 0 bridgehead atoms. The van der Waals surface area contributed by atoms with E-state index < -0.39 is 0 Å². The van der Waals surface area contributed by atoms with Crippen LogP contribution in [0.4, 0.5) is 5.69 Å². The average molecular weight is 297 g/mol. The molecule has 0 aliphatic rings. The van der Waals surface area contributed by atoms with Gasteiger partial charge < -0.3 is 11.1 Å². The summed E-state index contributed by atoms with van der Waals surface area (Å²) in [7, 11) is 0. The van der Waals surface area contributed by atoms with Gasteiger partial charge in [-0.1, -0.05) is 11.6 Å². The minimum Gasteiger partial charge on any atom is -0.396 e. The lowest BCUT2D eigenvalue weighted by Gasteiger charge is -2.07. The zero-order valence-corrected chi connectivity index (χ0v) is 12.0. The number of aryl methyl sites for hydroxylation is 2. The minimum atomic E-state index is -0.208. The van der Waals surface area contributed by atoms with Crippen LogP contribution in [0.3, 0.4) is 0 Å². The highest BCUT2D eigenvalue weighted by Gasteiger charge is 2.15. The monoisotopic (exact) mass is 296 g/mol. The van der Waals surface area contributed by atoms with Gasteiger partial charge in [-0.05, 0) is 13.3 Å². The van der Waals surface area contributed by atoms with Gasteiger partial charge in [-0.25, -0.2) is 0 Å². The number of carbonyl (C=O) groups excluding carboxylic acids is 1. The second-order valence-electron chi connectivity index (χ2n) is 4.30. The number of nitrogens with two attached hydrogens (primary N) is 1. The molecule has 0 atom stereocenters. The standard InChI is InChI=1S/C12H17ClN6O/c1-2-19-11(10(14)7-17-19)12(20)15-4-3-5-18-8-9(13)6-16-18/h6-8H,2-5,14H2,1H3,(H,15,20). The molecule has 7 nitrogen and oxygen atoms in total. The molecule has 108 valence electrons. The highest BCUT2D eigenvalue weighted by molar-refractivity contribution is 6.30. The second kappa shape index (κ2) is 6.42. The molecule has 0 aliphatic heterocycles. The van der Waals surface area contributed by atoms with E-state index in [0.717, 1.165) is 6.42 Å². The summed E-state index contributed by atoms with van der Waals surface area (Å²) in [5.41, 5.74) is 6.55. The normalized spacial score (nSPS) is 10.7. The van der Waals surface area contributed by atoms with E-state index >= 15 is 0 Å². The van der Waals surface area contributed by atoms with Crippen molar-refractivity contribution >= 4 is 23.2 Å². The van der Waals surface area contributed by atoms with Crippen molar-refractivity contribution in [3.05, 3.63) is 29.3 Å². The molecule has 2 aromatic rings. The van der Waals surface area contributed by atoms with Crippen LogP contribution in [-0.4, -0.2) is 32.0 Å². The first-order valence-corrected chi connectivity index (χ1v) is 6.77. The molecule has 0 unspecified atom stereocenters. The molecule has 20 heavy (non-hydrogen) atoms. The highest BCUT2D eigenvalue weighted by atomic mass is 35.5. The molecule has 2 aromatic heterocycles. The molecule has 0 saturated carbocycles. The van der Waals surface area contributed by atoms with Crippen molar-refractivity contribution in [1.82, 2.24) is 24.9 Å². The number of rotatable bonds is 6. The number of anilines is 1. The third kappa shape index (κ3) is 3.30. The van der Waals surface area contributed by atoms with E-state index in [4.69, 9.17) is 17.3 Å². The molecule has 2 heterocycles. The van der Waals surface area contributed by atoms with E-state index in [9.17, 15) is 4.79 Å². The molecule has 0 aliphatic carbocycles. The molecule has 3 N–H and O–H groups in total. The Hall–Kier alpha value is -2.02. The summed E-state index contributed by atoms with van der Waals surface area (Å²) >= 11 is 5.77. The maximum Gasteiger partial charge on any atom is 0.271 e. The maximum atomic E-state index is 12.0. The topological polar surface area (TPSA) is 90.8 Å². The van der Waals surface area contributed by atoms with E-state index in [1.54, 1.807) is 21.8 Å². The molecular weight excluding hydrogens is 280 g/mol. The molecule has 2 rings (SSSR count). The van der Waals surface area contributed by atoms with Crippen LogP contribution in [0.2, 0.25) is 5.02 Å². The lowest BCUT2D eigenvalue weighted by Crippen LogP contribution is -2.28. The Morgan fingerprint density at radius 2 is 2.25 bits per heavy atom. The van der Waals surface area contributed by atoms with Crippen LogP contribution < -0.4 is 11.1 Å². The predicted octanol–water partition coefficient (Wildman–Crippen LogP) is 1.16. The van der Waals surface area contributed by atoms with Gasteiger partial charge in [0.05, 0.1) is 23.1 Å². The fourth-order valence-electron chi connectivity index (χ4n) is 1.88. The van der Waals surface area contributed by atoms with Gasteiger partial charge in [0.15, 0.2) is 0 Å². The number of carbonyl (C=O) groups is 1.